The van der Waals surface area contributed by atoms with Gasteiger partial charge < -0.3 is 20.1 Å². The van der Waals surface area contributed by atoms with Gasteiger partial charge in [-0.15, -0.1) is 0 Å². The first-order valence-corrected chi connectivity index (χ1v) is 12.7. The smallest absolute Gasteiger partial charge is 0.257 e. The van der Waals surface area contributed by atoms with Crippen molar-refractivity contribution in [1.82, 2.24) is 0 Å². The van der Waals surface area contributed by atoms with Gasteiger partial charge in [0.05, 0.1) is 22.0 Å². The number of carbonyl (C=O) groups is 1. The Balaban J connectivity index is 1.42. The molecule has 0 saturated heterocycles. The van der Waals surface area contributed by atoms with E-state index in [0.717, 1.165) is 23.6 Å². The molecule has 4 aromatic carbocycles. The van der Waals surface area contributed by atoms with Gasteiger partial charge in [0, 0.05) is 35.6 Å². The molecule has 5 nitrogen and oxygen atoms in total. The normalized spacial score (nSPS) is 13.7. The van der Waals surface area contributed by atoms with Crippen LogP contribution in [0.3, 0.4) is 0 Å². The van der Waals surface area contributed by atoms with E-state index in [0.29, 0.717) is 21.2 Å². The van der Waals surface area contributed by atoms with Crippen molar-refractivity contribution in [3.63, 3.8) is 0 Å². The van der Waals surface area contributed by atoms with Gasteiger partial charge in [-0.2, -0.15) is 0 Å². The number of benzene rings is 4. The molecule has 5 rings (SSSR count). The van der Waals surface area contributed by atoms with E-state index in [2.05, 4.69) is 52.1 Å². The van der Waals surface area contributed by atoms with Crippen LogP contribution in [0.15, 0.2) is 96.0 Å². The average molecular weight is 488 g/mol. The first kappa shape index (κ1) is 22.3. The Morgan fingerprint density at radius 2 is 1.85 bits per heavy atom. The molecule has 0 radical (unpaired) electrons. The molecule has 1 heterocycles. The van der Waals surface area contributed by atoms with Crippen molar-refractivity contribution in [2.45, 2.75) is 4.90 Å². The van der Waals surface area contributed by atoms with Crippen molar-refractivity contribution in [2.24, 2.45) is 0 Å². The van der Waals surface area contributed by atoms with E-state index in [1.165, 1.54) is 10.8 Å². The summed E-state index contributed by atoms with van der Waals surface area (Å²) >= 11 is 5.01. The van der Waals surface area contributed by atoms with Crippen LogP contribution in [0.25, 0.3) is 10.8 Å². The third-order valence-electron chi connectivity index (χ3n) is 5.74. The molecule has 0 aromatic heterocycles. The number of nitrogens with zero attached hydrogens (tertiary/aromatic N) is 1. The number of nitrogens with one attached hydrogen (secondary N) is 2. The van der Waals surface area contributed by atoms with Crippen LogP contribution >= 0.6 is 11.6 Å². The van der Waals surface area contributed by atoms with Gasteiger partial charge in [0.25, 0.3) is 5.91 Å². The van der Waals surface area contributed by atoms with Crippen molar-refractivity contribution < 1.29 is 9.35 Å². The fourth-order valence-corrected chi connectivity index (χ4v) is 4.78. The maximum absolute atomic E-state index is 12.8. The summed E-state index contributed by atoms with van der Waals surface area (Å²) in [6, 6.07) is 25.0. The fraction of sp³-hybridized carbons (Fsp3) is 0.0741. The van der Waals surface area contributed by atoms with Crippen molar-refractivity contribution >= 4 is 62.2 Å². The molecule has 2 N–H and O–H groups in total. The van der Waals surface area contributed by atoms with Crippen LogP contribution in [0.5, 0.6) is 0 Å². The highest BCUT2D eigenvalue weighted by Gasteiger charge is 2.18. The Morgan fingerprint density at radius 1 is 1.06 bits per heavy atom. The highest BCUT2D eigenvalue weighted by atomic mass is 35.5. The minimum absolute atomic E-state index is 0.292. The minimum Gasteiger partial charge on any atom is -0.612 e. The van der Waals surface area contributed by atoms with E-state index >= 15 is 0 Å². The summed E-state index contributed by atoms with van der Waals surface area (Å²) in [4.78, 5) is 15.5. The van der Waals surface area contributed by atoms with E-state index in [9.17, 15) is 9.35 Å². The number of rotatable bonds is 4. The number of halogens is 1. The van der Waals surface area contributed by atoms with Crippen molar-refractivity contribution in [3.05, 3.63) is 102 Å². The summed E-state index contributed by atoms with van der Waals surface area (Å²) in [5.41, 5.74) is 4.05. The van der Waals surface area contributed by atoms with Gasteiger partial charge in [0.2, 0.25) is 0 Å². The molecule has 1 amide bonds. The van der Waals surface area contributed by atoms with Crippen LogP contribution in [0.4, 0.5) is 22.7 Å². The molecule has 1 aliphatic heterocycles. The van der Waals surface area contributed by atoms with Crippen LogP contribution in [-0.4, -0.2) is 23.3 Å². The Hall–Kier alpha value is -3.45. The quantitative estimate of drug-likeness (QED) is 0.320. The lowest BCUT2D eigenvalue weighted by atomic mass is 10.1. The summed E-state index contributed by atoms with van der Waals surface area (Å²) in [5.74, 6) is -0.347. The van der Waals surface area contributed by atoms with Crippen molar-refractivity contribution in [1.29, 1.82) is 0 Å². The molecule has 7 heteroatoms. The van der Waals surface area contributed by atoms with Crippen LogP contribution < -0.4 is 15.5 Å². The Bertz CT molecular complexity index is 1400. The standard InChI is InChI=1S/C27H22ClN3O2S/c1-34(33)21-12-13-24(28)23(17-21)27(32)30-19-8-10-20(11-9-19)31-16-4-15-29-26-22-6-3-2-5-18(22)7-14-25(26)31/h2-14,16-17,29H,15H2,1H3,(H,30,32). The lowest BCUT2D eigenvalue weighted by Crippen LogP contribution is -2.14. The van der Waals surface area contributed by atoms with Crippen LogP contribution in [-0.2, 0) is 11.2 Å². The number of hydrogen-bond acceptors (Lipinski definition) is 4. The van der Waals surface area contributed by atoms with Crippen molar-refractivity contribution in [2.75, 3.05) is 28.3 Å². The van der Waals surface area contributed by atoms with E-state index in [4.69, 9.17) is 11.6 Å². The van der Waals surface area contributed by atoms with E-state index in [1.54, 1.807) is 24.5 Å². The predicted octanol–water partition coefficient (Wildman–Crippen LogP) is 6.56. The van der Waals surface area contributed by atoms with Crippen LogP contribution in [0.2, 0.25) is 5.02 Å². The molecular weight excluding hydrogens is 466 g/mol. The van der Waals surface area contributed by atoms with E-state index in [1.807, 2.05) is 36.4 Å². The number of fused-ring (bicyclic) bond motifs is 3. The Labute approximate surface area is 206 Å². The molecule has 4 aromatic rings. The molecule has 0 fully saturated rings. The van der Waals surface area contributed by atoms with Crippen LogP contribution in [0, 0.1) is 0 Å². The summed E-state index contributed by atoms with van der Waals surface area (Å²) < 4.78 is 11.8. The number of anilines is 4. The van der Waals surface area contributed by atoms with Gasteiger partial charge in [-0.3, -0.25) is 4.79 Å². The summed E-state index contributed by atoms with van der Waals surface area (Å²) in [7, 11) is 0. The molecule has 1 aliphatic rings. The molecule has 1 atom stereocenters. The Kier molecular flexibility index (Phi) is 6.20. The SMILES string of the molecule is C[S+]([O-])c1ccc(Cl)c(C(=O)Nc2ccc(N3C=CCNc4c3ccc3ccccc43)cc2)c1. The zero-order valence-electron chi connectivity index (χ0n) is 18.4. The second-order valence-corrected chi connectivity index (χ2v) is 9.70. The van der Waals surface area contributed by atoms with Gasteiger partial charge in [0.15, 0.2) is 4.90 Å². The summed E-state index contributed by atoms with van der Waals surface area (Å²) in [6.45, 7) is 0.730. The predicted molar refractivity (Wildman–Crippen MR) is 142 cm³/mol. The van der Waals surface area contributed by atoms with Crippen molar-refractivity contribution in [3.8, 4) is 0 Å². The topological polar surface area (TPSA) is 67.4 Å². The lowest BCUT2D eigenvalue weighted by molar-refractivity contribution is 0.102. The second kappa shape index (κ2) is 9.43. The highest BCUT2D eigenvalue weighted by molar-refractivity contribution is 7.90. The monoisotopic (exact) mass is 487 g/mol. The average Bonchev–Trinajstić information content (AvgIpc) is 3.07. The van der Waals surface area contributed by atoms with Gasteiger partial charge in [-0.05, 0) is 65.1 Å². The maximum atomic E-state index is 12.8. The highest BCUT2D eigenvalue weighted by Crippen LogP contribution is 2.39. The summed E-state index contributed by atoms with van der Waals surface area (Å²) in [6.07, 6.45) is 5.70. The number of hydrogen-bond donors (Lipinski definition) is 2. The van der Waals surface area contributed by atoms with E-state index < -0.39 is 11.2 Å². The van der Waals surface area contributed by atoms with Gasteiger partial charge in [0.1, 0.15) is 6.26 Å². The van der Waals surface area contributed by atoms with E-state index in [-0.39, 0.29) is 5.91 Å². The lowest BCUT2D eigenvalue weighted by Gasteiger charge is -2.23. The molecule has 0 spiro atoms. The van der Waals surface area contributed by atoms with Gasteiger partial charge in [-0.1, -0.05) is 41.9 Å². The molecule has 1 unspecified atom stereocenters. The summed E-state index contributed by atoms with van der Waals surface area (Å²) in [5, 5.41) is 9.07. The molecular formula is C27H22ClN3O2S. The zero-order valence-corrected chi connectivity index (χ0v) is 20.0. The largest absolute Gasteiger partial charge is 0.612 e. The third-order valence-corrected chi connectivity index (χ3v) is 6.98. The molecule has 0 aliphatic carbocycles. The molecule has 0 saturated carbocycles. The Morgan fingerprint density at radius 3 is 2.65 bits per heavy atom. The minimum atomic E-state index is -1.20. The fourth-order valence-electron chi connectivity index (χ4n) is 4.03. The first-order chi connectivity index (χ1) is 16.5. The first-order valence-electron chi connectivity index (χ1n) is 10.8. The molecule has 170 valence electrons. The third kappa shape index (κ3) is 4.35. The van der Waals surface area contributed by atoms with Crippen LogP contribution in [0.1, 0.15) is 10.4 Å². The maximum Gasteiger partial charge on any atom is 0.257 e. The number of carbonyl (C=O) groups excluding carboxylic acids is 1. The zero-order chi connectivity index (χ0) is 23.7. The van der Waals surface area contributed by atoms with Gasteiger partial charge >= 0.3 is 0 Å². The molecule has 34 heavy (non-hydrogen) atoms. The molecule has 0 bridgehead atoms. The number of amides is 1. The van der Waals surface area contributed by atoms with Gasteiger partial charge in [-0.25, -0.2) is 0 Å². The second-order valence-electron chi connectivity index (χ2n) is 7.91.